The molecule has 0 aliphatic carbocycles. The van der Waals surface area contributed by atoms with E-state index in [0.29, 0.717) is 18.0 Å². The maximum absolute atomic E-state index is 12.4. The summed E-state index contributed by atoms with van der Waals surface area (Å²) in [7, 11) is 0. The zero-order valence-corrected chi connectivity index (χ0v) is 17.4. The Hall–Kier alpha value is -2.42. The van der Waals surface area contributed by atoms with Crippen molar-refractivity contribution < 1.29 is 24.0 Å². The number of amides is 3. The lowest BCUT2D eigenvalue weighted by Gasteiger charge is -2.25. The van der Waals surface area contributed by atoms with E-state index in [1.54, 1.807) is 0 Å². The molecule has 2 aliphatic heterocycles. The van der Waals surface area contributed by atoms with E-state index >= 15 is 0 Å². The standard InChI is InChI=1S/C20H32N4O5/c1-14(2)13-23-12-4-5-16(23)20(28)22-10-8-17(25)21-11-9-19(27)29-24-15(3)6-7-18(24)26/h14,16H,3-13H2,1-2H3,(H,21,25)(H,22,28)/i4+1,5+1,12+1,13+1,14+1,16+1,19+1,21+1,22+1. The van der Waals surface area contributed by atoms with Gasteiger partial charge < -0.3 is 15.5 Å². The van der Waals surface area contributed by atoms with Crippen LogP contribution in [0.1, 0.15) is 52.4 Å². The van der Waals surface area contributed by atoms with Gasteiger partial charge in [-0.3, -0.25) is 19.3 Å². The molecular formula is C20H32N4O5. The molecule has 2 aliphatic rings. The number of hydrogen-bond donors (Lipinski definition) is 2. The number of carbonyl (C=O) groups is 4. The van der Waals surface area contributed by atoms with Crippen LogP contribution < -0.4 is 10.6 Å². The molecule has 0 spiro atoms. The molecule has 0 bridgehead atoms. The molecule has 2 heterocycles. The number of nitrogens with zero attached hydrogens (tertiary/aromatic N) is 2. The lowest BCUT2D eigenvalue weighted by atomic mass is 10.3. The molecule has 2 N–H and O–H groups in total. The molecule has 9 nitrogen and oxygen atoms in total. The van der Waals surface area contributed by atoms with E-state index in [1.165, 1.54) is 0 Å². The Balaban J connectivity index is 1.58. The van der Waals surface area contributed by atoms with Crippen LogP contribution in [0.4, 0.5) is 0 Å². The molecule has 3 amide bonds. The first-order chi connectivity index (χ1) is 13.8. The summed E-state index contributed by atoms with van der Waals surface area (Å²) in [6, 6.07) is -0.113. The van der Waals surface area contributed by atoms with Gasteiger partial charge in [0.2, 0.25) is 11.8 Å². The summed E-state index contributed by atoms with van der Waals surface area (Å²) in [5.74, 6) is -0.693. The van der Waals surface area contributed by atoms with Gasteiger partial charge in [-0.15, -0.1) is 5.06 Å². The smallest absolute Gasteiger partial charge is 0.334 e. The number of rotatable bonds is 10. The van der Waals surface area contributed by atoms with Gasteiger partial charge in [-0.1, -0.05) is 20.4 Å². The van der Waals surface area contributed by atoms with E-state index in [0.717, 1.165) is 31.0 Å². The summed E-state index contributed by atoms with van der Waals surface area (Å²) in [5, 5.41) is 6.36. The van der Waals surface area contributed by atoms with Gasteiger partial charge in [0.05, 0.1) is 18.2 Å². The van der Waals surface area contributed by atoms with Crippen molar-refractivity contribution in [2.45, 2.75) is 58.4 Å². The summed E-state index contributed by atoms with van der Waals surface area (Å²) in [6.45, 7) is 10.1. The number of nitrogens with one attached hydrogen (secondary N) is 2. The molecule has 162 valence electrons. The van der Waals surface area contributed by atoms with Gasteiger partial charge in [0.1, 0.15) is 0 Å². The molecule has 0 aromatic rings. The molecule has 1 unspecified atom stereocenters. The molecule has 2 rings (SSSR count). The van der Waals surface area contributed by atoms with E-state index in [-0.39, 0.29) is 56.1 Å². The molecule has 2 saturated heterocycles. The van der Waals surface area contributed by atoms with Gasteiger partial charge >= 0.3 is 5.97 Å². The Bertz CT molecular complexity index is 633. The fourth-order valence-corrected chi connectivity index (χ4v) is 3.51. The van der Waals surface area contributed by atoms with Crippen LogP contribution >= 0.6 is 0 Å². The molecule has 0 saturated carbocycles. The number of likely N-dealkylation sites (tertiary alicyclic amines) is 1. The summed E-state index contributed by atoms with van der Waals surface area (Å²) in [6.07, 6.45) is 2.70. The van der Waals surface area contributed by atoms with Crippen molar-refractivity contribution in [1.82, 2.24) is 20.6 Å². The molecular weight excluding hydrogens is 385 g/mol. The van der Waals surface area contributed by atoms with E-state index in [4.69, 9.17) is 4.84 Å². The first-order valence-electron chi connectivity index (χ1n) is 10.3. The molecule has 0 aromatic heterocycles. The minimum atomic E-state index is -0.610. The summed E-state index contributed by atoms with van der Waals surface area (Å²) in [5.41, 5.74) is 0.456. The summed E-state index contributed by atoms with van der Waals surface area (Å²) in [4.78, 5) is 54.7. The third-order valence-corrected chi connectivity index (χ3v) is 4.90. The largest absolute Gasteiger partial charge is 0.355 e. The molecule has 29 heavy (non-hydrogen) atoms. The maximum Gasteiger partial charge on any atom is 0.334 e. The highest BCUT2D eigenvalue weighted by atomic mass is 16.8. The van der Waals surface area contributed by atoms with Gasteiger partial charge in [-0.25, -0.2) is 4.79 Å². The summed E-state index contributed by atoms with van der Waals surface area (Å²) >= 11 is 0. The van der Waals surface area contributed by atoms with Crippen LogP contribution in [0.5, 0.6) is 0 Å². The number of allylic oxidation sites excluding steroid dienone is 1. The average molecular weight is 417 g/mol. The average Bonchev–Trinajstić information content (AvgIpc) is 3.22. The molecule has 0 aromatic carbocycles. The Kier molecular flexibility index (Phi) is 8.63. The van der Waals surface area contributed by atoms with Crippen molar-refractivity contribution in [2.24, 2.45) is 5.92 Å². The van der Waals surface area contributed by atoms with Crippen LogP contribution in [-0.2, 0) is 24.0 Å². The van der Waals surface area contributed by atoms with Gasteiger partial charge in [0.15, 0.2) is 0 Å². The van der Waals surface area contributed by atoms with Crippen LogP contribution in [0.25, 0.3) is 0 Å². The second kappa shape index (κ2) is 10.9. The fourth-order valence-electron chi connectivity index (χ4n) is 3.51. The normalized spacial score (nSPS) is 19.7. The van der Waals surface area contributed by atoms with Crippen LogP contribution in [-0.4, -0.2) is 65.9 Å². The van der Waals surface area contributed by atoms with Gasteiger partial charge in [0.25, 0.3) is 5.91 Å². The lowest BCUT2D eigenvalue weighted by molar-refractivity contribution is -0.186. The monoisotopic (exact) mass is 417 g/mol. The second-order valence-corrected chi connectivity index (χ2v) is 7.91. The predicted molar refractivity (Wildman–Crippen MR) is 106 cm³/mol. The van der Waals surface area contributed by atoms with Gasteiger partial charge in [-0.05, 0) is 31.7 Å². The lowest BCUT2D eigenvalue weighted by Crippen LogP contribution is -2.45. The molecule has 1 atom stereocenters. The molecule has 2 fully saturated rings. The molecule has 0 radical (unpaired) electrons. The van der Waals surface area contributed by atoms with E-state index in [2.05, 4.69) is 36.0 Å². The fraction of sp³-hybridized carbons (Fsp3) is 0.700. The van der Waals surface area contributed by atoms with Crippen LogP contribution in [0.2, 0.25) is 0 Å². The molecule has 9 heteroatoms. The third-order valence-electron chi connectivity index (χ3n) is 4.90. The van der Waals surface area contributed by atoms with Crippen molar-refractivity contribution in [2.75, 3.05) is 26.2 Å². The Labute approximate surface area is 171 Å². The third kappa shape index (κ3) is 7.16. The number of carbonyl (C=O) groups excluding carboxylic acids is 4. The second-order valence-electron chi connectivity index (χ2n) is 7.91. The van der Waals surface area contributed by atoms with E-state index in [1.807, 2.05) is 0 Å². The van der Waals surface area contributed by atoms with E-state index < -0.39 is 5.97 Å². The number of hydrogen-bond acceptors (Lipinski definition) is 6. The number of hydroxylamine groups is 2. The zero-order valence-electron chi connectivity index (χ0n) is 17.4. The van der Waals surface area contributed by atoms with Crippen molar-refractivity contribution >= 4 is 23.7 Å². The van der Waals surface area contributed by atoms with Crippen LogP contribution in [0.15, 0.2) is 12.3 Å². The Morgan fingerprint density at radius 2 is 1.90 bits per heavy atom. The highest BCUT2D eigenvalue weighted by molar-refractivity contribution is 5.83. The van der Waals surface area contributed by atoms with Gasteiger partial charge in [0, 0.05) is 32.5 Å². The van der Waals surface area contributed by atoms with Crippen molar-refractivity contribution in [3.8, 4) is 0 Å². The Morgan fingerprint density at radius 1 is 1.17 bits per heavy atom. The van der Waals surface area contributed by atoms with Crippen molar-refractivity contribution in [3.63, 3.8) is 0 Å². The minimum absolute atomic E-state index is 0.0324. The van der Waals surface area contributed by atoms with Gasteiger partial charge in [-0.2, -0.15) is 0 Å². The van der Waals surface area contributed by atoms with Crippen molar-refractivity contribution in [3.05, 3.63) is 12.3 Å². The predicted octanol–water partition coefficient (Wildman–Crippen LogP) is 0.714. The quantitative estimate of drug-likeness (QED) is 0.401. The minimum Gasteiger partial charge on any atom is -0.355 e. The van der Waals surface area contributed by atoms with Crippen LogP contribution in [0, 0.1) is 5.92 Å². The highest BCUT2D eigenvalue weighted by Gasteiger charge is 2.30. The SMILES string of the molecule is C=C1CCC(=O)N1O[13C](=O)CC[15NH]C(=O)CC[15NH]C(=O)[13CH]1[13CH2][13CH2][13CH2]N1[13CH2][13CH](C)C. The first kappa shape index (κ1) is 22.9. The van der Waals surface area contributed by atoms with Crippen LogP contribution in [0.3, 0.4) is 0 Å². The maximum atomic E-state index is 12.4. The van der Waals surface area contributed by atoms with Crippen molar-refractivity contribution in [1.29, 1.82) is 0 Å². The zero-order chi connectivity index (χ0) is 21.4. The Morgan fingerprint density at radius 3 is 2.55 bits per heavy atom. The summed E-state index contributed by atoms with van der Waals surface area (Å²) < 4.78 is 0. The van der Waals surface area contributed by atoms with E-state index in [9.17, 15) is 19.2 Å². The first-order valence-corrected chi connectivity index (χ1v) is 10.3. The highest BCUT2D eigenvalue weighted by Crippen LogP contribution is 2.21. The topological polar surface area (TPSA) is 108 Å².